The van der Waals surface area contributed by atoms with Crippen LogP contribution in [0.3, 0.4) is 0 Å². The quantitative estimate of drug-likeness (QED) is 0.835. The fourth-order valence-corrected chi connectivity index (χ4v) is 1.37. The normalized spacial score (nSPS) is 9.89. The molecule has 0 saturated heterocycles. The Kier molecular flexibility index (Phi) is 5.94. The van der Waals surface area contributed by atoms with Crippen molar-refractivity contribution in [3.05, 3.63) is 24.3 Å². The molecule has 0 fully saturated rings. The monoisotopic (exact) mass is 290 g/mol. The molecule has 0 saturated carbocycles. The van der Waals surface area contributed by atoms with Gasteiger partial charge in [-0.1, -0.05) is 6.07 Å². The lowest BCUT2D eigenvalue weighted by Crippen LogP contribution is -2.34. The molecule has 0 unspecified atom stereocenters. The van der Waals surface area contributed by atoms with E-state index in [2.05, 4.69) is 20.1 Å². The van der Waals surface area contributed by atoms with Crippen molar-refractivity contribution in [3.8, 4) is 5.75 Å². The summed E-state index contributed by atoms with van der Waals surface area (Å²) in [5, 5.41) is 4.89. The third-order valence-corrected chi connectivity index (χ3v) is 2.01. The highest BCUT2D eigenvalue weighted by atomic mass is 32.1. The van der Waals surface area contributed by atoms with Crippen molar-refractivity contribution < 1.29 is 23.0 Å². The van der Waals surface area contributed by atoms with Gasteiger partial charge in [0.05, 0.1) is 6.61 Å². The number of benzene rings is 1. The predicted molar refractivity (Wildman–Crippen MR) is 69.5 cm³/mol. The molecular weight excluding hydrogens is 278 g/mol. The van der Waals surface area contributed by atoms with Crippen LogP contribution in [0, 0.1) is 0 Å². The molecule has 0 atom stereocenters. The Morgan fingerprint density at radius 3 is 2.84 bits per heavy atom. The van der Waals surface area contributed by atoms with Crippen molar-refractivity contribution in [2.45, 2.75) is 13.5 Å². The first-order valence-corrected chi connectivity index (χ1v) is 5.71. The molecule has 0 aliphatic rings. The lowest BCUT2D eigenvalue weighted by atomic mass is 10.3. The number of amides is 1. The van der Waals surface area contributed by atoms with Crippen LogP contribution in [-0.4, -0.2) is 24.4 Å². The van der Waals surface area contributed by atoms with Gasteiger partial charge in [-0.25, -0.2) is 4.79 Å². The summed E-state index contributed by atoms with van der Waals surface area (Å²) in [4.78, 5) is 11.1. The number of nitrogens with one attached hydrogen (secondary N) is 2. The van der Waals surface area contributed by atoms with E-state index < -0.39 is 12.7 Å². The zero-order valence-electron chi connectivity index (χ0n) is 9.98. The van der Waals surface area contributed by atoms with E-state index in [9.17, 15) is 13.6 Å². The van der Waals surface area contributed by atoms with Gasteiger partial charge < -0.3 is 14.8 Å². The van der Waals surface area contributed by atoms with Crippen LogP contribution in [0.2, 0.25) is 0 Å². The summed E-state index contributed by atoms with van der Waals surface area (Å²) in [6.45, 7) is -1.03. The van der Waals surface area contributed by atoms with E-state index in [1.807, 2.05) is 0 Å². The Hall–Kier alpha value is -1.96. The Balaban J connectivity index is 2.56. The molecule has 0 heterocycles. The van der Waals surface area contributed by atoms with Gasteiger partial charge in [-0.15, -0.1) is 0 Å². The average molecular weight is 290 g/mol. The van der Waals surface area contributed by atoms with Gasteiger partial charge in [-0.3, -0.25) is 5.32 Å². The largest absolute Gasteiger partial charge is 0.450 e. The van der Waals surface area contributed by atoms with Crippen molar-refractivity contribution in [3.63, 3.8) is 0 Å². The lowest BCUT2D eigenvalue weighted by Gasteiger charge is -2.10. The molecule has 5 nitrogen and oxygen atoms in total. The van der Waals surface area contributed by atoms with Crippen molar-refractivity contribution in [2.75, 3.05) is 11.9 Å². The molecular formula is C11H12F2N2O3S. The molecule has 1 aromatic rings. The minimum absolute atomic E-state index is 0.00681. The van der Waals surface area contributed by atoms with E-state index in [0.717, 1.165) is 0 Å². The number of hydrogen-bond donors (Lipinski definition) is 2. The highest BCUT2D eigenvalue weighted by Gasteiger charge is 2.07. The number of halogens is 2. The van der Waals surface area contributed by atoms with Crippen LogP contribution in [0.4, 0.5) is 19.3 Å². The molecule has 0 bridgehead atoms. The van der Waals surface area contributed by atoms with Crippen LogP contribution in [0.5, 0.6) is 5.75 Å². The summed E-state index contributed by atoms with van der Waals surface area (Å²) in [5.74, 6) is -0.0149. The zero-order valence-corrected chi connectivity index (χ0v) is 10.8. The minimum Gasteiger partial charge on any atom is -0.450 e. The van der Waals surface area contributed by atoms with E-state index in [1.165, 1.54) is 18.2 Å². The van der Waals surface area contributed by atoms with Crippen LogP contribution in [-0.2, 0) is 4.74 Å². The van der Waals surface area contributed by atoms with Gasteiger partial charge in [0, 0.05) is 11.8 Å². The van der Waals surface area contributed by atoms with Crippen molar-refractivity contribution in [1.29, 1.82) is 0 Å². The maximum absolute atomic E-state index is 12.0. The van der Waals surface area contributed by atoms with Gasteiger partial charge in [0.1, 0.15) is 5.75 Å². The maximum atomic E-state index is 12.0. The van der Waals surface area contributed by atoms with Gasteiger partial charge >= 0.3 is 12.7 Å². The Morgan fingerprint density at radius 2 is 2.21 bits per heavy atom. The van der Waals surface area contributed by atoms with Crippen molar-refractivity contribution in [1.82, 2.24) is 5.32 Å². The summed E-state index contributed by atoms with van der Waals surface area (Å²) >= 11 is 4.85. The standard InChI is InChI=1S/C11H12F2N2O3S/c1-2-17-11(16)15-10(19)14-7-4-3-5-8(6-7)18-9(12)13/h3-6,9H,2H2,1H3,(H2,14,15,16,19). The maximum Gasteiger partial charge on any atom is 0.413 e. The minimum atomic E-state index is -2.90. The number of rotatable bonds is 4. The number of carbonyl (C=O) groups excluding carboxylic acids is 1. The van der Waals surface area contributed by atoms with Crippen molar-refractivity contribution in [2.24, 2.45) is 0 Å². The number of hydrogen-bond acceptors (Lipinski definition) is 4. The molecule has 2 N–H and O–H groups in total. The molecule has 104 valence electrons. The summed E-state index contributed by atoms with van der Waals surface area (Å²) in [5.41, 5.74) is 0.403. The smallest absolute Gasteiger partial charge is 0.413 e. The van der Waals surface area contributed by atoms with E-state index in [0.29, 0.717) is 5.69 Å². The van der Waals surface area contributed by atoms with Crippen LogP contribution in [0.1, 0.15) is 6.92 Å². The lowest BCUT2D eigenvalue weighted by molar-refractivity contribution is -0.0498. The van der Waals surface area contributed by atoms with Crippen LogP contribution < -0.4 is 15.4 Å². The second-order valence-electron chi connectivity index (χ2n) is 3.21. The summed E-state index contributed by atoms with van der Waals surface area (Å²) in [6.07, 6.45) is -0.694. The van der Waals surface area contributed by atoms with E-state index in [1.54, 1.807) is 13.0 Å². The van der Waals surface area contributed by atoms with Gasteiger partial charge in [0.2, 0.25) is 0 Å². The molecule has 1 amide bonds. The van der Waals surface area contributed by atoms with Gasteiger partial charge in [0.25, 0.3) is 0 Å². The number of ether oxygens (including phenoxy) is 2. The molecule has 0 aliphatic heterocycles. The number of carbonyl (C=O) groups is 1. The number of anilines is 1. The second kappa shape index (κ2) is 7.47. The van der Waals surface area contributed by atoms with Gasteiger partial charge in [-0.2, -0.15) is 8.78 Å². The number of alkyl carbamates (subject to hydrolysis) is 1. The van der Waals surface area contributed by atoms with Gasteiger partial charge in [-0.05, 0) is 31.3 Å². The first-order valence-electron chi connectivity index (χ1n) is 5.31. The van der Waals surface area contributed by atoms with E-state index in [4.69, 9.17) is 12.2 Å². The number of alkyl halides is 2. The summed E-state index contributed by atoms with van der Waals surface area (Å²) < 4.78 is 32.9. The molecule has 1 aromatic carbocycles. The molecule has 19 heavy (non-hydrogen) atoms. The Morgan fingerprint density at radius 1 is 1.47 bits per heavy atom. The van der Waals surface area contributed by atoms with Crippen LogP contribution in [0.15, 0.2) is 24.3 Å². The second-order valence-corrected chi connectivity index (χ2v) is 3.61. The zero-order chi connectivity index (χ0) is 14.3. The van der Waals surface area contributed by atoms with Gasteiger partial charge in [0.15, 0.2) is 5.11 Å². The van der Waals surface area contributed by atoms with Crippen LogP contribution in [0.25, 0.3) is 0 Å². The van der Waals surface area contributed by atoms with E-state index >= 15 is 0 Å². The SMILES string of the molecule is CCOC(=O)NC(=S)Nc1cccc(OC(F)F)c1. The average Bonchev–Trinajstić information content (AvgIpc) is 2.28. The fourth-order valence-electron chi connectivity index (χ4n) is 1.17. The molecule has 0 aliphatic carbocycles. The molecule has 1 rings (SSSR count). The highest BCUT2D eigenvalue weighted by molar-refractivity contribution is 7.80. The third-order valence-electron chi connectivity index (χ3n) is 1.81. The fraction of sp³-hybridized carbons (Fsp3) is 0.273. The molecule has 8 heteroatoms. The molecule has 0 spiro atoms. The predicted octanol–water partition coefficient (Wildman–Crippen LogP) is 2.73. The number of thiocarbonyl (C=S) groups is 1. The topological polar surface area (TPSA) is 59.6 Å². The first kappa shape index (κ1) is 15.1. The first-order chi connectivity index (χ1) is 9.01. The Bertz CT molecular complexity index is 457. The Labute approximate surface area is 113 Å². The molecule has 0 aromatic heterocycles. The summed E-state index contributed by atoms with van der Waals surface area (Å²) in [6, 6.07) is 5.79. The third kappa shape index (κ3) is 5.96. The summed E-state index contributed by atoms with van der Waals surface area (Å²) in [7, 11) is 0. The van der Waals surface area contributed by atoms with E-state index in [-0.39, 0.29) is 17.5 Å². The van der Waals surface area contributed by atoms with Crippen LogP contribution >= 0.6 is 12.2 Å². The van der Waals surface area contributed by atoms with Crippen molar-refractivity contribution >= 4 is 29.1 Å². The highest BCUT2D eigenvalue weighted by Crippen LogP contribution is 2.19. The molecule has 0 radical (unpaired) electrons.